The van der Waals surface area contributed by atoms with E-state index in [1.807, 2.05) is 22.3 Å². The fourth-order valence-corrected chi connectivity index (χ4v) is 3.60. The Morgan fingerprint density at radius 2 is 1.96 bits per heavy atom. The minimum absolute atomic E-state index is 0.0268. The quantitative estimate of drug-likeness (QED) is 0.695. The topological polar surface area (TPSA) is 76.0 Å². The highest BCUT2D eigenvalue weighted by molar-refractivity contribution is 5.82. The Hall–Kier alpha value is -2.61. The number of rotatable bonds is 4. The van der Waals surface area contributed by atoms with Crippen LogP contribution in [0.15, 0.2) is 27.6 Å². The third-order valence-corrected chi connectivity index (χ3v) is 5.14. The molecule has 3 aromatic rings. The summed E-state index contributed by atoms with van der Waals surface area (Å²) in [5.41, 5.74) is 1.71. The Labute approximate surface area is 150 Å². The van der Waals surface area contributed by atoms with E-state index in [9.17, 15) is 9.59 Å². The lowest BCUT2D eigenvalue weighted by Crippen LogP contribution is -2.50. The van der Waals surface area contributed by atoms with E-state index in [1.54, 1.807) is 12.3 Å². The first-order valence-corrected chi connectivity index (χ1v) is 9.11. The van der Waals surface area contributed by atoms with Gasteiger partial charge in [0, 0.05) is 44.7 Å². The van der Waals surface area contributed by atoms with Crippen LogP contribution in [0.3, 0.4) is 0 Å². The van der Waals surface area contributed by atoms with Gasteiger partial charge >= 0.3 is 0 Å². The first-order chi connectivity index (χ1) is 12.6. The first-order valence-electron chi connectivity index (χ1n) is 9.11. The highest BCUT2D eigenvalue weighted by Crippen LogP contribution is 2.20. The van der Waals surface area contributed by atoms with Gasteiger partial charge in [-0.15, -0.1) is 0 Å². The largest absolute Gasteiger partial charge is 0.463 e. The van der Waals surface area contributed by atoms with Gasteiger partial charge in [0.15, 0.2) is 5.58 Å². The number of aryl methyl sites for hydroxylation is 1. The third kappa shape index (κ3) is 2.70. The molecule has 0 bridgehead atoms. The lowest BCUT2D eigenvalue weighted by Gasteiger charge is -2.34. The number of aromatic nitrogens is 3. The zero-order valence-corrected chi connectivity index (χ0v) is 15.1. The number of nitrogens with zero attached hydrogens (tertiary/aromatic N) is 5. The second-order valence-corrected chi connectivity index (χ2v) is 6.58. The van der Waals surface area contributed by atoms with Gasteiger partial charge in [-0.3, -0.25) is 14.0 Å². The lowest BCUT2D eigenvalue weighted by molar-refractivity contribution is -0.133. The van der Waals surface area contributed by atoms with Crippen molar-refractivity contribution < 1.29 is 9.21 Å². The fraction of sp³-hybridized carbons (Fsp3) is 0.500. The van der Waals surface area contributed by atoms with Gasteiger partial charge in [-0.25, -0.2) is 4.68 Å². The summed E-state index contributed by atoms with van der Waals surface area (Å²) in [6.45, 7) is 8.21. The van der Waals surface area contributed by atoms with Gasteiger partial charge in [0.25, 0.3) is 5.56 Å². The van der Waals surface area contributed by atoms with Gasteiger partial charge in [-0.1, -0.05) is 13.8 Å². The van der Waals surface area contributed by atoms with Crippen molar-refractivity contribution in [2.45, 2.75) is 26.8 Å². The second-order valence-electron chi connectivity index (χ2n) is 6.58. The molecule has 4 rings (SSSR count). The summed E-state index contributed by atoms with van der Waals surface area (Å²) in [6.07, 6.45) is 2.25. The van der Waals surface area contributed by atoms with Crippen molar-refractivity contribution in [3.63, 3.8) is 0 Å². The zero-order valence-electron chi connectivity index (χ0n) is 15.1. The van der Waals surface area contributed by atoms with Gasteiger partial charge in [0.2, 0.25) is 5.91 Å². The lowest BCUT2D eigenvalue weighted by atomic mass is 10.3. The number of fused-ring (bicyclic) bond motifs is 3. The molecule has 138 valence electrons. The van der Waals surface area contributed by atoms with E-state index < -0.39 is 0 Å². The van der Waals surface area contributed by atoms with Gasteiger partial charge < -0.3 is 14.2 Å². The third-order valence-electron chi connectivity index (χ3n) is 5.14. The predicted octanol–water partition coefficient (Wildman–Crippen LogP) is 0.969. The number of furan rings is 1. The molecule has 1 saturated heterocycles. The molecule has 8 nitrogen and oxygen atoms in total. The van der Waals surface area contributed by atoms with Crippen LogP contribution in [0.1, 0.15) is 19.7 Å². The number of piperazine rings is 1. The average molecular weight is 357 g/mol. The molecule has 0 unspecified atom stereocenters. The minimum Gasteiger partial charge on any atom is -0.463 e. The van der Waals surface area contributed by atoms with E-state index in [-0.39, 0.29) is 18.0 Å². The highest BCUT2D eigenvalue weighted by atomic mass is 16.3. The summed E-state index contributed by atoms with van der Waals surface area (Å²) in [5, 5.41) is 4.45. The van der Waals surface area contributed by atoms with Crippen LogP contribution in [0.4, 0.5) is 0 Å². The molecule has 0 N–H and O–H groups in total. The Balaban J connectivity index is 1.65. The van der Waals surface area contributed by atoms with Crippen molar-refractivity contribution in [1.82, 2.24) is 24.0 Å². The first kappa shape index (κ1) is 16.8. The molecule has 26 heavy (non-hydrogen) atoms. The van der Waals surface area contributed by atoms with Crippen molar-refractivity contribution in [3.05, 3.63) is 34.6 Å². The standard InChI is InChI=1S/C18H23N5O3/c1-3-16-19-22(12-17(24)21-8-6-20(4-2)7-9-21)18(25)14-11-15-13(23(14)16)5-10-26-15/h5,10-11H,3-4,6-9,12H2,1-2H3. The maximum Gasteiger partial charge on any atom is 0.291 e. The zero-order chi connectivity index (χ0) is 18.3. The molecule has 3 aromatic heterocycles. The van der Waals surface area contributed by atoms with Crippen LogP contribution in [0.5, 0.6) is 0 Å². The summed E-state index contributed by atoms with van der Waals surface area (Å²) in [4.78, 5) is 29.6. The van der Waals surface area contributed by atoms with Gasteiger partial charge in [-0.05, 0) is 6.54 Å². The van der Waals surface area contributed by atoms with Gasteiger partial charge in [0.1, 0.15) is 17.9 Å². The molecular formula is C18H23N5O3. The molecule has 1 aliphatic rings. The normalized spacial score (nSPS) is 16.0. The molecule has 0 saturated carbocycles. The number of hydrogen-bond acceptors (Lipinski definition) is 5. The number of amides is 1. The molecule has 1 fully saturated rings. The Morgan fingerprint density at radius 3 is 2.65 bits per heavy atom. The summed E-state index contributed by atoms with van der Waals surface area (Å²) in [7, 11) is 0. The van der Waals surface area contributed by atoms with E-state index in [1.165, 1.54) is 4.68 Å². The van der Waals surface area contributed by atoms with Crippen LogP contribution >= 0.6 is 0 Å². The van der Waals surface area contributed by atoms with E-state index in [0.717, 1.165) is 31.0 Å². The SMILES string of the molecule is CCc1nn(CC(=O)N2CCN(CC)CC2)c(=O)c2cc3occc3n12. The van der Waals surface area contributed by atoms with Gasteiger partial charge in [0.05, 0.1) is 11.8 Å². The van der Waals surface area contributed by atoms with Crippen molar-refractivity contribution in [1.29, 1.82) is 0 Å². The smallest absolute Gasteiger partial charge is 0.291 e. The fourth-order valence-electron chi connectivity index (χ4n) is 3.60. The van der Waals surface area contributed by atoms with E-state index in [0.29, 0.717) is 30.6 Å². The predicted molar refractivity (Wildman–Crippen MR) is 97.3 cm³/mol. The monoisotopic (exact) mass is 357 g/mol. The van der Waals surface area contributed by atoms with Crippen molar-refractivity contribution in [3.8, 4) is 0 Å². The molecule has 0 spiro atoms. The van der Waals surface area contributed by atoms with E-state index in [4.69, 9.17) is 4.42 Å². The van der Waals surface area contributed by atoms with Crippen LogP contribution < -0.4 is 5.56 Å². The molecule has 8 heteroatoms. The Morgan fingerprint density at radius 1 is 1.19 bits per heavy atom. The van der Waals surface area contributed by atoms with Crippen LogP contribution in [0.25, 0.3) is 16.6 Å². The maximum absolute atomic E-state index is 12.8. The van der Waals surface area contributed by atoms with E-state index >= 15 is 0 Å². The average Bonchev–Trinajstić information content (AvgIpc) is 3.25. The van der Waals surface area contributed by atoms with Gasteiger partial charge in [-0.2, -0.15) is 5.10 Å². The molecular weight excluding hydrogens is 334 g/mol. The second kappa shape index (κ2) is 6.60. The molecule has 0 radical (unpaired) electrons. The molecule has 1 aliphatic heterocycles. The van der Waals surface area contributed by atoms with Crippen LogP contribution in [-0.2, 0) is 17.8 Å². The summed E-state index contributed by atoms with van der Waals surface area (Å²) in [5.74, 6) is 0.677. The Kier molecular flexibility index (Phi) is 4.28. The van der Waals surface area contributed by atoms with Crippen molar-refractivity contribution in [2.24, 2.45) is 0 Å². The van der Waals surface area contributed by atoms with Crippen molar-refractivity contribution in [2.75, 3.05) is 32.7 Å². The van der Waals surface area contributed by atoms with Crippen molar-refractivity contribution >= 4 is 22.5 Å². The van der Waals surface area contributed by atoms with Crippen LogP contribution in [0.2, 0.25) is 0 Å². The molecule has 1 amide bonds. The Bertz CT molecular complexity index is 1010. The number of carbonyl (C=O) groups excluding carboxylic acids is 1. The molecule has 0 aromatic carbocycles. The van der Waals surface area contributed by atoms with Crippen LogP contribution in [0, 0.1) is 0 Å². The minimum atomic E-state index is -0.269. The molecule has 0 aliphatic carbocycles. The number of likely N-dealkylation sites (N-methyl/N-ethyl adjacent to an activating group) is 1. The summed E-state index contributed by atoms with van der Waals surface area (Å²) >= 11 is 0. The number of carbonyl (C=O) groups is 1. The maximum atomic E-state index is 12.8. The summed E-state index contributed by atoms with van der Waals surface area (Å²) in [6, 6.07) is 3.55. The van der Waals surface area contributed by atoms with E-state index in [2.05, 4.69) is 16.9 Å². The summed E-state index contributed by atoms with van der Waals surface area (Å²) < 4.78 is 8.53. The highest BCUT2D eigenvalue weighted by Gasteiger charge is 2.22. The van der Waals surface area contributed by atoms with Crippen LogP contribution in [-0.4, -0.2) is 62.6 Å². The number of hydrogen-bond donors (Lipinski definition) is 0. The molecule has 0 atom stereocenters. The molecule has 4 heterocycles.